The summed E-state index contributed by atoms with van der Waals surface area (Å²) in [5.74, 6) is -0.710. The van der Waals surface area contributed by atoms with E-state index in [1.807, 2.05) is 12.1 Å². The van der Waals surface area contributed by atoms with E-state index >= 15 is 0 Å². The highest BCUT2D eigenvalue weighted by Gasteiger charge is 2.16. The van der Waals surface area contributed by atoms with Crippen LogP contribution in [-0.4, -0.2) is 37.9 Å². The summed E-state index contributed by atoms with van der Waals surface area (Å²) in [7, 11) is 1.43. The number of nitrogens with one attached hydrogen (secondary N) is 1. The van der Waals surface area contributed by atoms with Crippen LogP contribution in [0.25, 0.3) is 0 Å². The van der Waals surface area contributed by atoms with Crippen LogP contribution in [0.5, 0.6) is 5.75 Å². The Bertz CT molecular complexity index is 848. The van der Waals surface area contributed by atoms with E-state index < -0.39 is 5.97 Å². The first-order chi connectivity index (χ1) is 13.4. The van der Waals surface area contributed by atoms with Crippen LogP contribution in [0.3, 0.4) is 0 Å². The third-order valence-electron chi connectivity index (χ3n) is 4.01. The zero-order valence-corrected chi connectivity index (χ0v) is 16.5. The molecule has 2 aromatic carbocycles. The van der Waals surface area contributed by atoms with E-state index in [1.165, 1.54) is 20.1 Å². The molecule has 2 rings (SSSR count). The molecule has 0 bridgehead atoms. The summed E-state index contributed by atoms with van der Waals surface area (Å²) in [6, 6.07) is 11.7. The van der Waals surface area contributed by atoms with Gasteiger partial charge in [0.1, 0.15) is 11.3 Å². The fraction of sp³-hybridized carbons (Fsp3) is 0.286. The summed E-state index contributed by atoms with van der Waals surface area (Å²) >= 11 is 5.90. The van der Waals surface area contributed by atoms with E-state index in [4.69, 9.17) is 21.1 Å². The van der Waals surface area contributed by atoms with Crippen LogP contribution in [0.2, 0.25) is 5.02 Å². The van der Waals surface area contributed by atoms with Crippen LogP contribution in [0.1, 0.15) is 39.6 Å². The number of Topliss-reactive ketones (excluding diaryl/α,β-unsaturated/α-hetero) is 1. The largest absolute Gasteiger partial charge is 0.496 e. The summed E-state index contributed by atoms with van der Waals surface area (Å²) in [5.41, 5.74) is 1.68. The van der Waals surface area contributed by atoms with Gasteiger partial charge in [-0.25, -0.2) is 4.79 Å². The van der Waals surface area contributed by atoms with Gasteiger partial charge in [0.25, 0.3) is 0 Å². The molecule has 0 heterocycles. The minimum absolute atomic E-state index is 0.0501. The van der Waals surface area contributed by atoms with Crippen molar-refractivity contribution < 1.29 is 23.9 Å². The van der Waals surface area contributed by atoms with Gasteiger partial charge < -0.3 is 14.8 Å². The number of rotatable bonds is 9. The summed E-state index contributed by atoms with van der Waals surface area (Å²) in [4.78, 5) is 35.3. The molecule has 148 valence electrons. The van der Waals surface area contributed by atoms with Crippen molar-refractivity contribution in [1.82, 2.24) is 5.32 Å². The zero-order chi connectivity index (χ0) is 20.5. The molecule has 6 nitrogen and oxygen atoms in total. The number of benzene rings is 2. The number of esters is 1. The molecular formula is C21H22ClNO5. The smallest absolute Gasteiger partial charge is 0.342 e. The Balaban J connectivity index is 1.88. The summed E-state index contributed by atoms with van der Waals surface area (Å²) in [6.45, 7) is 1.71. The molecule has 0 saturated heterocycles. The fourth-order valence-electron chi connectivity index (χ4n) is 2.55. The Hall–Kier alpha value is -2.86. The van der Waals surface area contributed by atoms with E-state index in [-0.39, 0.29) is 23.9 Å². The van der Waals surface area contributed by atoms with Crippen molar-refractivity contribution in [2.45, 2.75) is 19.8 Å². The molecule has 0 atom stereocenters. The molecule has 0 fully saturated rings. The average Bonchev–Trinajstić information content (AvgIpc) is 2.69. The Morgan fingerprint density at radius 2 is 1.79 bits per heavy atom. The molecule has 0 saturated carbocycles. The number of methoxy groups -OCH3 is 1. The first-order valence-electron chi connectivity index (χ1n) is 8.78. The van der Waals surface area contributed by atoms with Crippen molar-refractivity contribution in [2.24, 2.45) is 0 Å². The normalized spacial score (nSPS) is 10.2. The Kier molecular flexibility index (Phi) is 8.02. The molecule has 0 spiro atoms. The lowest BCUT2D eigenvalue weighted by Crippen LogP contribution is -2.21. The highest BCUT2D eigenvalue weighted by molar-refractivity contribution is 6.31. The number of hydrogen-bond acceptors (Lipinski definition) is 5. The first-order valence-corrected chi connectivity index (χ1v) is 9.15. The quantitative estimate of drug-likeness (QED) is 0.394. The van der Waals surface area contributed by atoms with Gasteiger partial charge in [0.05, 0.1) is 7.11 Å². The molecule has 2 aromatic rings. The number of carbonyl (C=O) groups excluding carboxylic acids is 3. The molecule has 0 aromatic heterocycles. The predicted octanol–water partition coefficient (Wildman–Crippen LogP) is 3.46. The maximum absolute atomic E-state index is 12.3. The van der Waals surface area contributed by atoms with Crippen LogP contribution in [0, 0.1) is 0 Å². The van der Waals surface area contributed by atoms with Gasteiger partial charge in [-0.2, -0.15) is 0 Å². The van der Waals surface area contributed by atoms with Crippen LogP contribution < -0.4 is 10.1 Å². The van der Waals surface area contributed by atoms with Crippen LogP contribution in [0.15, 0.2) is 42.5 Å². The molecule has 0 aliphatic rings. The van der Waals surface area contributed by atoms with Crippen molar-refractivity contribution in [2.75, 3.05) is 20.3 Å². The molecule has 1 amide bonds. The molecule has 0 radical (unpaired) electrons. The number of hydrogen-bond donors (Lipinski definition) is 1. The molecule has 0 unspecified atom stereocenters. The van der Waals surface area contributed by atoms with Gasteiger partial charge in [0, 0.05) is 24.1 Å². The predicted molar refractivity (Wildman–Crippen MR) is 106 cm³/mol. The minimum Gasteiger partial charge on any atom is -0.496 e. The maximum Gasteiger partial charge on any atom is 0.342 e. The van der Waals surface area contributed by atoms with Crippen molar-refractivity contribution in [3.8, 4) is 5.75 Å². The van der Waals surface area contributed by atoms with Crippen LogP contribution in [-0.2, 0) is 16.0 Å². The maximum atomic E-state index is 12.3. The second kappa shape index (κ2) is 10.5. The van der Waals surface area contributed by atoms with E-state index in [1.54, 1.807) is 24.3 Å². The lowest BCUT2D eigenvalue weighted by atomic mass is 10.1. The Morgan fingerprint density at radius 1 is 1.07 bits per heavy atom. The highest BCUT2D eigenvalue weighted by Crippen LogP contribution is 2.23. The van der Waals surface area contributed by atoms with Crippen molar-refractivity contribution in [1.29, 1.82) is 0 Å². The molecular weight excluding hydrogens is 382 g/mol. The van der Waals surface area contributed by atoms with Crippen molar-refractivity contribution in [3.05, 3.63) is 64.2 Å². The number of carbonyl (C=O) groups is 3. The monoisotopic (exact) mass is 403 g/mol. The second-order valence-corrected chi connectivity index (χ2v) is 6.56. The third kappa shape index (κ3) is 6.39. The van der Waals surface area contributed by atoms with Crippen molar-refractivity contribution >= 4 is 29.3 Å². The van der Waals surface area contributed by atoms with E-state index in [2.05, 4.69) is 5.32 Å². The fourth-order valence-corrected chi connectivity index (χ4v) is 2.72. The van der Waals surface area contributed by atoms with Crippen LogP contribution in [0.4, 0.5) is 0 Å². The number of ketones is 1. The summed E-state index contributed by atoms with van der Waals surface area (Å²) < 4.78 is 10.2. The van der Waals surface area contributed by atoms with Gasteiger partial charge in [0.2, 0.25) is 5.91 Å². The number of halogens is 1. The van der Waals surface area contributed by atoms with Crippen LogP contribution >= 0.6 is 11.6 Å². The topological polar surface area (TPSA) is 81.7 Å². The van der Waals surface area contributed by atoms with E-state index in [0.29, 0.717) is 22.9 Å². The van der Waals surface area contributed by atoms with Gasteiger partial charge in [-0.1, -0.05) is 35.9 Å². The molecule has 0 aliphatic heterocycles. The van der Waals surface area contributed by atoms with E-state index in [0.717, 1.165) is 18.4 Å². The number of aryl methyl sites for hydroxylation is 1. The molecule has 1 N–H and O–H groups in total. The summed E-state index contributed by atoms with van der Waals surface area (Å²) in [5, 5.41) is 3.11. The summed E-state index contributed by atoms with van der Waals surface area (Å²) in [6.07, 6.45) is 1.60. The minimum atomic E-state index is -0.678. The molecule has 7 heteroatoms. The average molecular weight is 404 g/mol. The van der Waals surface area contributed by atoms with E-state index in [9.17, 15) is 14.4 Å². The number of amides is 1. The lowest BCUT2D eigenvalue weighted by Gasteiger charge is -2.09. The second-order valence-electron chi connectivity index (χ2n) is 6.13. The zero-order valence-electron chi connectivity index (χ0n) is 15.8. The first kappa shape index (κ1) is 21.4. The third-order valence-corrected chi connectivity index (χ3v) is 4.24. The standard InChI is InChI=1S/C21H22ClNO5/c1-14(24)23-11-3-4-15-5-7-16(8-6-15)19(25)13-28-21(26)18-12-17(22)9-10-20(18)27-2/h5-10,12H,3-4,11,13H2,1-2H3,(H,23,24). The molecule has 0 aliphatic carbocycles. The van der Waals surface area contributed by atoms with Gasteiger partial charge >= 0.3 is 5.97 Å². The van der Waals surface area contributed by atoms with Crippen molar-refractivity contribution in [3.63, 3.8) is 0 Å². The Labute approximate surface area is 168 Å². The van der Waals surface area contributed by atoms with Gasteiger partial charge in [-0.15, -0.1) is 0 Å². The lowest BCUT2D eigenvalue weighted by molar-refractivity contribution is -0.118. The highest BCUT2D eigenvalue weighted by atomic mass is 35.5. The molecule has 28 heavy (non-hydrogen) atoms. The Morgan fingerprint density at radius 3 is 2.43 bits per heavy atom. The van der Waals surface area contributed by atoms with Gasteiger partial charge in [-0.3, -0.25) is 9.59 Å². The van der Waals surface area contributed by atoms with Gasteiger partial charge in [-0.05, 0) is 36.6 Å². The van der Waals surface area contributed by atoms with Gasteiger partial charge in [0.15, 0.2) is 12.4 Å². The number of ether oxygens (including phenoxy) is 2. The SMILES string of the molecule is COc1ccc(Cl)cc1C(=O)OCC(=O)c1ccc(CCCNC(C)=O)cc1.